The number of primary amides is 1. The quantitative estimate of drug-likeness (QED) is 0.508. The largest absolute Gasteiger partial charge is 0.497 e. The van der Waals surface area contributed by atoms with Gasteiger partial charge < -0.3 is 30.2 Å². The van der Waals surface area contributed by atoms with Gasteiger partial charge in [0.25, 0.3) is 0 Å². The molecule has 2 aromatic carbocycles. The monoisotopic (exact) mass is 487 g/mol. The molecule has 0 radical (unpaired) electrons. The molecule has 0 saturated heterocycles. The molecule has 35 heavy (non-hydrogen) atoms. The van der Waals surface area contributed by atoms with Crippen LogP contribution in [-0.4, -0.2) is 36.5 Å². The molecule has 0 aliphatic heterocycles. The smallest absolute Gasteiger partial charge is 0.405 e. The summed E-state index contributed by atoms with van der Waals surface area (Å²) in [4.78, 5) is 23.1. The molecule has 0 spiro atoms. The zero-order valence-electron chi connectivity index (χ0n) is 20.9. The van der Waals surface area contributed by atoms with E-state index < -0.39 is 17.5 Å². The SMILES string of the molecule is CC(C)(C)OC(N)=O.CCCOc1ccc(F)c2c(=O)c(-c3ccc(OC)cc3)cn(CCN)c12. The third-order valence-corrected chi connectivity index (χ3v) is 4.77. The molecule has 3 aromatic rings. The van der Waals surface area contributed by atoms with E-state index in [4.69, 9.17) is 20.9 Å². The van der Waals surface area contributed by atoms with Crippen molar-refractivity contribution in [3.63, 3.8) is 0 Å². The lowest BCUT2D eigenvalue weighted by Gasteiger charge is -2.17. The average molecular weight is 488 g/mol. The van der Waals surface area contributed by atoms with Gasteiger partial charge in [-0.05, 0) is 57.0 Å². The molecule has 4 N–H and O–H groups in total. The number of hydrogen-bond acceptors (Lipinski definition) is 6. The van der Waals surface area contributed by atoms with Gasteiger partial charge in [0.15, 0.2) is 5.43 Å². The molecule has 190 valence electrons. The predicted molar refractivity (Wildman–Crippen MR) is 135 cm³/mol. The lowest BCUT2D eigenvalue weighted by molar-refractivity contribution is 0.0600. The van der Waals surface area contributed by atoms with Gasteiger partial charge in [-0.3, -0.25) is 4.79 Å². The molecule has 8 nitrogen and oxygen atoms in total. The average Bonchev–Trinajstić information content (AvgIpc) is 2.79. The van der Waals surface area contributed by atoms with Crippen molar-refractivity contribution >= 4 is 17.0 Å². The lowest BCUT2D eigenvalue weighted by atomic mass is 10.0. The molecule has 0 bridgehead atoms. The van der Waals surface area contributed by atoms with Crippen molar-refractivity contribution in [2.24, 2.45) is 11.5 Å². The number of fused-ring (bicyclic) bond motifs is 1. The normalized spacial score (nSPS) is 10.9. The van der Waals surface area contributed by atoms with Gasteiger partial charge in [0.05, 0.1) is 24.6 Å². The first-order chi connectivity index (χ1) is 16.5. The summed E-state index contributed by atoms with van der Waals surface area (Å²) < 4.78 is 32.0. The van der Waals surface area contributed by atoms with Crippen molar-refractivity contribution in [3.05, 3.63) is 58.6 Å². The third kappa shape index (κ3) is 7.45. The van der Waals surface area contributed by atoms with Crippen molar-refractivity contribution < 1.29 is 23.4 Å². The molecular weight excluding hydrogens is 453 g/mol. The van der Waals surface area contributed by atoms with Crippen LogP contribution in [0.4, 0.5) is 9.18 Å². The summed E-state index contributed by atoms with van der Waals surface area (Å²) in [5, 5.41) is 0.0189. The Kier molecular flexibility index (Phi) is 9.65. The number of ether oxygens (including phenoxy) is 3. The molecule has 1 aromatic heterocycles. The summed E-state index contributed by atoms with van der Waals surface area (Å²) in [6.45, 7) is 8.54. The molecule has 0 aliphatic carbocycles. The minimum atomic E-state index is -0.725. The van der Waals surface area contributed by atoms with E-state index in [1.54, 1.807) is 69.0 Å². The van der Waals surface area contributed by atoms with Crippen LogP contribution in [0.1, 0.15) is 34.1 Å². The fraction of sp³-hybridized carbons (Fsp3) is 0.385. The Morgan fingerprint density at radius 3 is 2.26 bits per heavy atom. The Morgan fingerprint density at radius 1 is 1.11 bits per heavy atom. The number of nitrogens with zero attached hydrogens (tertiary/aromatic N) is 1. The number of rotatable bonds is 7. The number of hydrogen-bond donors (Lipinski definition) is 2. The number of halogens is 1. The zero-order chi connectivity index (χ0) is 26.2. The number of carbonyl (C=O) groups is 1. The Balaban J connectivity index is 0.000000466. The van der Waals surface area contributed by atoms with Crippen LogP contribution in [-0.2, 0) is 11.3 Å². The van der Waals surface area contributed by atoms with Crippen LogP contribution < -0.4 is 26.4 Å². The van der Waals surface area contributed by atoms with Crippen molar-refractivity contribution in [3.8, 4) is 22.6 Å². The minimum absolute atomic E-state index is 0.0189. The van der Waals surface area contributed by atoms with Crippen LogP contribution >= 0.6 is 0 Å². The van der Waals surface area contributed by atoms with Gasteiger partial charge in [0.1, 0.15) is 22.9 Å². The highest BCUT2D eigenvalue weighted by Crippen LogP contribution is 2.29. The summed E-state index contributed by atoms with van der Waals surface area (Å²) in [6.07, 6.45) is 1.80. The van der Waals surface area contributed by atoms with Crippen LogP contribution in [0.5, 0.6) is 11.5 Å². The van der Waals surface area contributed by atoms with Gasteiger partial charge in [-0.2, -0.15) is 0 Å². The van der Waals surface area contributed by atoms with E-state index in [-0.39, 0.29) is 10.8 Å². The molecule has 1 heterocycles. The van der Waals surface area contributed by atoms with Gasteiger partial charge in [0, 0.05) is 24.8 Å². The first-order valence-electron chi connectivity index (χ1n) is 11.3. The molecule has 0 unspecified atom stereocenters. The van der Waals surface area contributed by atoms with E-state index in [1.165, 1.54) is 6.07 Å². The fourth-order valence-electron chi connectivity index (χ4n) is 3.38. The highest BCUT2D eigenvalue weighted by molar-refractivity contribution is 5.89. The van der Waals surface area contributed by atoms with E-state index in [9.17, 15) is 14.0 Å². The maximum atomic E-state index is 14.7. The molecule has 0 fully saturated rings. The van der Waals surface area contributed by atoms with Crippen molar-refractivity contribution in [2.45, 2.75) is 46.3 Å². The van der Waals surface area contributed by atoms with Crippen molar-refractivity contribution in [2.75, 3.05) is 20.3 Å². The number of nitrogens with two attached hydrogens (primary N) is 2. The van der Waals surface area contributed by atoms with Crippen molar-refractivity contribution in [1.82, 2.24) is 4.57 Å². The van der Waals surface area contributed by atoms with Crippen LogP contribution in [0, 0.1) is 5.82 Å². The Hall–Kier alpha value is -3.59. The van der Waals surface area contributed by atoms with Crippen LogP contribution in [0.25, 0.3) is 22.0 Å². The number of methoxy groups -OCH3 is 1. The number of carbonyl (C=O) groups excluding carboxylic acids is 1. The molecule has 3 rings (SSSR count). The van der Waals surface area contributed by atoms with Gasteiger partial charge in [-0.1, -0.05) is 19.1 Å². The van der Waals surface area contributed by atoms with E-state index in [0.29, 0.717) is 47.8 Å². The number of amides is 1. The predicted octanol–water partition coefficient (Wildman–Crippen LogP) is 4.44. The second-order valence-corrected chi connectivity index (χ2v) is 8.73. The van der Waals surface area contributed by atoms with E-state index >= 15 is 0 Å². The Morgan fingerprint density at radius 2 is 1.77 bits per heavy atom. The second-order valence-electron chi connectivity index (χ2n) is 8.73. The van der Waals surface area contributed by atoms with E-state index in [0.717, 1.165) is 6.42 Å². The first-order valence-corrected chi connectivity index (χ1v) is 11.3. The highest BCUT2D eigenvalue weighted by atomic mass is 19.1. The van der Waals surface area contributed by atoms with Gasteiger partial charge >= 0.3 is 6.09 Å². The lowest BCUT2D eigenvalue weighted by Crippen LogP contribution is -2.27. The van der Waals surface area contributed by atoms with Crippen LogP contribution in [0.3, 0.4) is 0 Å². The Labute approximate surface area is 204 Å². The number of pyridine rings is 1. The minimum Gasteiger partial charge on any atom is -0.497 e. The highest BCUT2D eigenvalue weighted by Gasteiger charge is 2.18. The summed E-state index contributed by atoms with van der Waals surface area (Å²) in [7, 11) is 1.58. The fourth-order valence-corrected chi connectivity index (χ4v) is 3.38. The molecule has 0 saturated carbocycles. The van der Waals surface area contributed by atoms with E-state index in [2.05, 4.69) is 4.74 Å². The summed E-state index contributed by atoms with van der Waals surface area (Å²) in [6, 6.07) is 9.94. The van der Waals surface area contributed by atoms with Gasteiger partial charge in [-0.25, -0.2) is 9.18 Å². The Bertz CT molecular complexity index is 1200. The summed E-state index contributed by atoms with van der Waals surface area (Å²) >= 11 is 0. The van der Waals surface area contributed by atoms with Crippen LogP contribution in [0.15, 0.2) is 47.4 Å². The molecule has 0 aliphatic rings. The van der Waals surface area contributed by atoms with Crippen molar-refractivity contribution in [1.29, 1.82) is 0 Å². The molecule has 1 amide bonds. The maximum absolute atomic E-state index is 14.7. The standard InChI is InChI=1S/C21H23FN2O3.C5H11NO2/c1-3-12-27-18-9-8-17(22)19-20(18)24(11-10-23)13-16(21(19)25)14-4-6-15(26-2)7-5-14;1-5(2,3)8-4(6)7/h4-9,13H,3,10-12,23H2,1-2H3;1-3H3,(H2,6,7). The summed E-state index contributed by atoms with van der Waals surface area (Å²) in [5.41, 5.74) is 11.2. The van der Waals surface area contributed by atoms with Gasteiger partial charge in [0.2, 0.25) is 0 Å². The molecule has 9 heteroatoms. The third-order valence-electron chi connectivity index (χ3n) is 4.77. The number of aromatic nitrogens is 1. The van der Waals surface area contributed by atoms with E-state index in [1.807, 2.05) is 6.92 Å². The second kappa shape index (κ2) is 12.2. The maximum Gasteiger partial charge on any atom is 0.405 e. The van der Waals surface area contributed by atoms with Gasteiger partial charge in [-0.15, -0.1) is 0 Å². The molecular formula is C26H34FN3O5. The topological polar surface area (TPSA) is 119 Å². The van der Waals surface area contributed by atoms with Crippen LogP contribution in [0.2, 0.25) is 0 Å². The number of benzene rings is 2. The summed E-state index contributed by atoms with van der Waals surface area (Å²) in [5.74, 6) is 0.600. The molecule has 0 atom stereocenters. The zero-order valence-corrected chi connectivity index (χ0v) is 20.9. The first kappa shape index (κ1) is 27.7.